The van der Waals surface area contributed by atoms with Crippen LogP contribution in [-0.4, -0.2) is 53.3 Å². The fourth-order valence-corrected chi connectivity index (χ4v) is 5.46. The summed E-state index contributed by atoms with van der Waals surface area (Å²) >= 11 is 0. The minimum Gasteiger partial charge on any atom is -0.497 e. The largest absolute Gasteiger partial charge is 0.497 e. The second-order valence-corrected chi connectivity index (χ2v) is 9.59. The molecule has 2 aromatic carbocycles. The first kappa shape index (κ1) is 23.4. The summed E-state index contributed by atoms with van der Waals surface area (Å²) in [6.45, 7) is 4.09. The third kappa shape index (κ3) is 4.64. The smallest absolute Gasteiger partial charge is 0.228 e. The molecular formula is C28H33N3O4. The van der Waals surface area contributed by atoms with Gasteiger partial charge in [0.15, 0.2) is 11.5 Å². The van der Waals surface area contributed by atoms with Crippen molar-refractivity contribution < 1.29 is 18.7 Å². The molecule has 2 unspecified atom stereocenters. The number of hydrogen-bond donors (Lipinski definition) is 0. The maximum Gasteiger partial charge on any atom is 0.228 e. The Morgan fingerprint density at radius 1 is 1.11 bits per heavy atom. The highest BCUT2D eigenvalue weighted by molar-refractivity contribution is 5.90. The van der Waals surface area contributed by atoms with Crippen LogP contribution in [0.4, 0.5) is 0 Å². The Hall–Kier alpha value is -3.35. The molecule has 5 rings (SSSR count). The number of ether oxygens (including phenoxy) is 1. The van der Waals surface area contributed by atoms with Crippen LogP contribution in [0, 0.1) is 5.92 Å². The van der Waals surface area contributed by atoms with Crippen LogP contribution in [0.3, 0.4) is 0 Å². The Balaban J connectivity index is 1.31. The number of oxazole rings is 1. The highest BCUT2D eigenvalue weighted by Gasteiger charge is 2.46. The number of carbonyl (C=O) groups excluding carboxylic acids is 2. The van der Waals surface area contributed by atoms with Crippen LogP contribution < -0.4 is 4.74 Å². The number of unbranched alkanes of at least 4 members (excludes halogenated alkanes) is 1. The van der Waals surface area contributed by atoms with Crippen LogP contribution in [-0.2, 0) is 9.59 Å². The van der Waals surface area contributed by atoms with E-state index < -0.39 is 0 Å². The van der Waals surface area contributed by atoms with E-state index in [9.17, 15) is 9.59 Å². The first-order valence-corrected chi connectivity index (χ1v) is 12.7. The number of rotatable bonds is 7. The van der Waals surface area contributed by atoms with Crippen LogP contribution in [0.1, 0.15) is 62.4 Å². The van der Waals surface area contributed by atoms with Gasteiger partial charge in [0.05, 0.1) is 19.1 Å². The van der Waals surface area contributed by atoms with Crippen LogP contribution in [0.15, 0.2) is 52.9 Å². The predicted octanol–water partition coefficient (Wildman–Crippen LogP) is 4.93. The molecule has 0 bridgehead atoms. The number of para-hydroxylation sites is 2. The molecule has 3 aromatic rings. The number of hydrogen-bond acceptors (Lipinski definition) is 5. The molecule has 2 amide bonds. The average Bonchev–Trinajstić information content (AvgIpc) is 3.48. The van der Waals surface area contributed by atoms with Crippen molar-refractivity contribution in [3.8, 4) is 5.75 Å². The summed E-state index contributed by atoms with van der Waals surface area (Å²) in [5, 5.41) is 0. The molecule has 3 heterocycles. The normalized spacial score (nSPS) is 21.1. The summed E-state index contributed by atoms with van der Waals surface area (Å²) < 4.78 is 11.3. The topological polar surface area (TPSA) is 75.9 Å². The number of nitrogens with zero attached hydrogens (tertiary/aromatic N) is 3. The number of likely N-dealkylation sites (tertiary alicyclic amines) is 2. The van der Waals surface area contributed by atoms with Crippen LogP contribution >= 0.6 is 0 Å². The summed E-state index contributed by atoms with van der Waals surface area (Å²) in [5.74, 6) is 1.51. The summed E-state index contributed by atoms with van der Waals surface area (Å²) in [7, 11) is 1.64. The molecule has 0 aliphatic carbocycles. The van der Waals surface area contributed by atoms with Crippen molar-refractivity contribution in [1.82, 2.24) is 14.8 Å². The van der Waals surface area contributed by atoms with E-state index in [0.29, 0.717) is 19.6 Å². The molecule has 2 aliphatic rings. The highest BCUT2D eigenvalue weighted by atomic mass is 16.5. The quantitative estimate of drug-likeness (QED) is 0.484. The van der Waals surface area contributed by atoms with E-state index in [1.54, 1.807) is 7.11 Å². The van der Waals surface area contributed by atoms with Crippen molar-refractivity contribution in [3.63, 3.8) is 0 Å². The van der Waals surface area contributed by atoms with Gasteiger partial charge in [0.1, 0.15) is 11.3 Å². The molecule has 0 spiro atoms. The summed E-state index contributed by atoms with van der Waals surface area (Å²) in [6, 6.07) is 15.4. The van der Waals surface area contributed by atoms with Crippen LogP contribution in [0.25, 0.3) is 11.1 Å². The monoisotopic (exact) mass is 475 g/mol. The van der Waals surface area contributed by atoms with E-state index in [1.807, 2.05) is 58.3 Å². The highest BCUT2D eigenvalue weighted by Crippen LogP contribution is 2.41. The standard InChI is InChI=1S/C28H33N3O4/c1-3-4-15-31-25(32)18-22(26(31)19-9-11-21(34-2)12-10-19)28(33)30-16-13-20(14-17-30)27-29-23-7-5-6-8-24(23)35-27/h5-12,20,22,26H,3-4,13-18H2,1-2H3. The summed E-state index contributed by atoms with van der Waals surface area (Å²) in [6.07, 6.45) is 3.82. The predicted molar refractivity (Wildman–Crippen MR) is 133 cm³/mol. The number of amides is 2. The maximum atomic E-state index is 13.7. The first-order chi connectivity index (χ1) is 17.1. The summed E-state index contributed by atoms with van der Waals surface area (Å²) in [5.41, 5.74) is 2.67. The zero-order chi connectivity index (χ0) is 24.4. The molecule has 35 heavy (non-hydrogen) atoms. The number of benzene rings is 2. The van der Waals surface area contributed by atoms with Gasteiger partial charge in [-0.15, -0.1) is 0 Å². The SMILES string of the molecule is CCCCN1C(=O)CC(C(=O)N2CCC(c3nc4ccccc4o3)CC2)C1c1ccc(OC)cc1. The van der Waals surface area contributed by atoms with Crippen molar-refractivity contribution in [2.45, 2.75) is 51.0 Å². The minimum absolute atomic E-state index is 0.0685. The molecule has 184 valence electrons. The molecule has 2 atom stereocenters. The lowest BCUT2D eigenvalue weighted by Crippen LogP contribution is -2.43. The van der Waals surface area contributed by atoms with E-state index in [2.05, 4.69) is 11.9 Å². The molecule has 7 heteroatoms. The van der Waals surface area contributed by atoms with Crippen molar-refractivity contribution in [2.75, 3.05) is 26.7 Å². The molecule has 1 aromatic heterocycles. The van der Waals surface area contributed by atoms with Gasteiger partial charge in [-0.25, -0.2) is 4.98 Å². The zero-order valence-electron chi connectivity index (χ0n) is 20.5. The van der Waals surface area contributed by atoms with Gasteiger partial charge >= 0.3 is 0 Å². The van der Waals surface area contributed by atoms with Gasteiger partial charge in [0, 0.05) is 32.0 Å². The van der Waals surface area contributed by atoms with Crippen molar-refractivity contribution >= 4 is 22.9 Å². The fourth-order valence-electron chi connectivity index (χ4n) is 5.46. The Morgan fingerprint density at radius 2 is 1.86 bits per heavy atom. The van der Waals surface area contributed by atoms with Crippen LogP contribution in [0.5, 0.6) is 5.75 Å². The third-order valence-corrected chi connectivity index (χ3v) is 7.43. The number of fused-ring (bicyclic) bond motifs is 1. The number of aromatic nitrogens is 1. The molecule has 2 aliphatic heterocycles. The molecule has 7 nitrogen and oxygen atoms in total. The minimum atomic E-state index is -0.367. The average molecular weight is 476 g/mol. The van der Waals surface area contributed by atoms with Gasteiger partial charge in [-0.1, -0.05) is 37.6 Å². The second-order valence-electron chi connectivity index (χ2n) is 9.59. The van der Waals surface area contributed by atoms with Crippen molar-refractivity contribution in [1.29, 1.82) is 0 Å². The number of piperidine rings is 1. The molecule has 0 radical (unpaired) electrons. The van der Waals surface area contributed by atoms with Gasteiger partial charge in [-0.3, -0.25) is 9.59 Å². The lowest BCUT2D eigenvalue weighted by atomic mass is 9.90. The third-order valence-electron chi connectivity index (χ3n) is 7.43. The van der Waals surface area contributed by atoms with E-state index in [4.69, 9.17) is 9.15 Å². The maximum absolute atomic E-state index is 13.7. The molecule has 0 N–H and O–H groups in total. The van der Waals surface area contributed by atoms with Gasteiger partial charge in [-0.2, -0.15) is 0 Å². The Kier molecular flexibility index (Phi) is 6.75. The zero-order valence-corrected chi connectivity index (χ0v) is 20.5. The van der Waals surface area contributed by atoms with Gasteiger partial charge in [0.25, 0.3) is 0 Å². The first-order valence-electron chi connectivity index (χ1n) is 12.7. The van der Waals surface area contributed by atoms with E-state index in [-0.39, 0.29) is 36.1 Å². The molecule has 2 saturated heterocycles. The van der Waals surface area contributed by atoms with Gasteiger partial charge in [0.2, 0.25) is 11.8 Å². The van der Waals surface area contributed by atoms with Crippen molar-refractivity contribution in [3.05, 3.63) is 60.0 Å². The van der Waals surface area contributed by atoms with Gasteiger partial charge < -0.3 is 19.0 Å². The second kappa shape index (κ2) is 10.1. The Labute approximate surface area is 206 Å². The summed E-state index contributed by atoms with van der Waals surface area (Å²) in [4.78, 5) is 35.3. The lowest BCUT2D eigenvalue weighted by molar-refractivity contribution is -0.137. The van der Waals surface area contributed by atoms with Crippen LogP contribution in [0.2, 0.25) is 0 Å². The van der Waals surface area contributed by atoms with Crippen molar-refractivity contribution in [2.24, 2.45) is 5.92 Å². The molecule has 2 fully saturated rings. The lowest BCUT2D eigenvalue weighted by Gasteiger charge is -2.35. The van der Waals surface area contributed by atoms with E-state index in [1.165, 1.54) is 0 Å². The van der Waals surface area contributed by atoms with E-state index >= 15 is 0 Å². The van der Waals surface area contributed by atoms with E-state index in [0.717, 1.165) is 54.0 Å². The Bertz CT molecular complexity index is 1150. The Morgan fingerprint density at radius 3 is 2.54 bits per heavy atom. The number of carbonyl (C=O) groups is 2. The molecular weight excluding hydrogens is 442 g/mol. The number of methoxy groups -OCH3 is 1. The fraction of sp³-hybridized carbons (Fsp3) is 0.464. The van der Waals surface area contributed by atoms with Gasteiger partial charge in [-0.05, 0) is 49.1 Å². The molecule has 0 saturated carbocycles.